The van der Waals surface area contributed by atoms with E-state index in [1.165, 1.54) is 22.3 Å². The molecule has 0 unspecified atom stereocenters. The summed E-state index contributed by atoms with van der Waals surface area (Å²) in [5, 5.41) is 16.9. The lowest BCUT2D eigenvalue weighted by molar-refractivity contribution is 0.475. The molecule has 0 aliphatic heterocycles. The molecule has 0 saturated carbocycles. The van der Waals surface area contributed by atoms with Gasteiger partial charge < -0.3 is 10.4 Å². The first-order chi connectivity index (χ1) is 15.2. The van der Waals surface area contributed by atoms with Crippen LogP contribution in [0.2, 0.25) is 0 Å². The maximum atomic E-state index is 9.99. The second kappa shape index (κ2) is 8.25. The SMILES string of the molecule is Cc1ccc(-c2csc3c(-c4cccc(O)c4)cnc(NCc4ccccc4)c23)cc1. The van der Waals surface area contributed by atoms with Crippen LogP contribution in [0.3, 0.4) is 0 Å². The smallest absolute Gasteiger partial charge is 0.135 e. The minimum Gasteiger partial charge on any atom is -0.508 e. The van der Waals surface area contributed by atoms with E-state index in [4.69, 9.17) is 4.98 Å². The van der Waals surface area contributed by atoms with Gasteiger partial charge >= 0.3 is 0 Å². The van der Waals surface area contributed by atoms with Crippen molar-refractivity contribution in [2.75, 3.05) is 5.32 Å². The topological polar surface area (TPSA) is 45.2 Å². The lowest BCUT2D eigenvalue weighted by atomic mass is 10.0. The van der Waals surface area contributed by atoms with E-state index in [9.17, 15) is 5.11 Å². The summed E-state index contributed by atoms with van der Waals surface area (Å²) in [6.07, 6.45) is 1.90. The summed E-state index contributed by atoms with van der Waals surface area (Å²) < 4.78 is 1.16. The Morgan fingerprint density at radius 2 is 1.68 bits per heavy atom. The molecule has 2 N–H and O–H groups in total. The predicted octanol–water partition coefficient (Wildman–Crippen LogP) is 7.26. The molecule has 5 aromatic rings. The Hall–Kier alpha value is -3.63. The van der Waals surface area contributed by atoms with Crippen LogP contribution in [0.4, 0.5) is 5.82 Å². The number of phenols is 1. The van der Waals surface area contributed by atoms with Crippen molar-refractivity contribution in [1.29, 1.82) is 0 Å². The Labute approximate surface area is 185 Å². The van der Waals surface area contributed by atoms with E-state index in [1.54, 1.807) is 23.5 Å². The van der Waals surface area contributed by atoms with Gasteiger partial charge in [0.05, 0.1) is 0 Å². The number of aromatic nitrogens is 1. The first-order valence-electron chi connectivity index (χ1n) is 10.2. The van der Waals surface area contributed by atoms with Crippen LogP contribution >= 0.6 is 11.3 Å². The Balaban J connectivity index is 1.66. The average Bonchev–Trinajstić information content (AvgIpc) is 3.24. The fraction of sp³-hybridized carbons (Fsp3) is 0.0741. The third-order valence-corrected chi connectivity index (χ3v) is 6.43. The molecule has 0 aliphatic carbocycles. The van der Waals surface area contributed by atoms with E-state index in [2.05, 4.69) is 54.0 Å². The highest BCUT2D eigenvalue weighted by Crippen LogP contribution is 2.43. The fourth-order valence-electron chi connectivity index (χ4n) is 3.78. The summed E-state index contributed by atoms with van der Waals surface area (Å²) in [6, 6.07) is 26.3. The second-order valence-electron chi connectivity index (χ2n) is 7.63. The molecule has 0 fully saturated rings. The lowest BCUT2D eigenvalue weighted by Crippen LogP contribution is -2.02. The highest BCUT2D eigenvalue weighted by Gasteiger charge is 2.17. The van der Waals surface area contributed by atoms with Crippen LogP contribution in [0, 0.1) is 6.92 Å². The highest BCUT2D eigenvalue weighted by molar-refractivity contribution is 7.18. The molecule has 152 valence electrons. The molecule has 0 saturated heterocycles. The van der Waals surface area contributed by atoms with Crippen molar-refractivity contribution in [2.24, 2.45) is 0 Å². The monoisotopic (exact) mass is 422 g/mol. The Morgan fingerprint density at radius 3 is 2.45 bits per heavy atom. The summed E-state index contributed by atoms with van der Waals surface area (Å²) in [7, 11) is 0. The zero-order valence-electron chi connectivity index (χ0n) is 17.2. The Morgan fingerprint density at radius 1 is 0.871 bits per heavy atom. The molecule has 31 heavy (non-hydrogen) atoms. The molecule has 3 aromatic carbocycles. The third kappa shape index (κ3) is 3.90. The summed E-state index contributed by atoms with van der Waals surface area (Å²) in [5.41, 5.74) is 6.79. The molecule has 0 atom stereocenters. The summed E-state index contributed by atoms with van der Waals surface area (Å²) in [4.78, 5) is 4.82. The van der Waals surface area contributed by atoms with Crippen molar-refractivity contribution < 1.29 is 5.11 Å². The van der Waals surface area contributed by atoms with Crippen molar-refractivity contribution in [2.45, 2.75) is 13.5 Å². The zero-order chi connectivity index (χ0) is 21.2. The maximum absolute atomic E-state index is 9.99. The van der Waals surface area contributed by atoms with Crippen molar-refractivity contribution in [3.8, 4) is 28.0 Å². The van der Waals surface area contributed by atoms with Crippen LogP contribution in [-0.2, 0) is 6.54 Å². The average molecular weight is 423 g/mol. The fourth-order valence-corrected chi connectivity index (χ4v) is 4.90. The number of benzene rings is 3. The van der Waals surface area contributed by atoms with Gasteiger partial charge in [-0.2, -0.15) is 0 Å². The second-order valence-corrected chi connectivity index (χ2v) is 8.51. The number of rotatable bonds is 5. The van der Waals surface area contributed by atoms with Gasteiger partial charge in [-0.25, -0.2) is 4.98 Å². The van der Waals surface area contributed by atoms with Gasteiger partial charge in [-0.15, -0.1) is 11.3 Å². The molecular weight excluding hydrogens is 400 g/mol. The predicted molar refractivity (Wildman–Crippen MR) is 131 cm³/mol. The normalized spacial score (nSPS) is 11.0. The molecule has 2 heterocycles. The number of nitrogens with one attached hydrogen (secondary N) is 1. The number of nitrogens with zero attached hydrogens (tertiary/aromatic N) is 1. The quantitative estimate of drug-likeness (QED) is 0.313. The molecule has 5 rings (SSSR count). The third-order valence-electron chi connectivity index (χ3n) is 5.42. The number of hydrogen-bond donors (Lipinski definition) is 2. The molecule has 0 amide bonds. The van der Waals surface area contributed by atoms with Gasteiger partial charge in [0.15, 0.2) is 0 Å². The van der Waals surface area contributed by atoms with Gasteiger partial charge in [-0.3, -0.25) is 0 Å². The number of pyridine rings is 1. The van der Waals surface area contributed by atoms with Gasteiger partial charge in [-0.1, -0.05) is 72.3 Å². The lowest BCUT2D eigenvalue weighted by Gasteiger charge is -2.12. The number of anilines is 1. The van der Waals surface area contributed by atoms with Crippen molar-refractivity contribution in [3.63, 3.8) is 0 Å². The van der Waals surface area contributed by atoms with Crippen molar-refractivity contribution >= 4 is 27.2 Å². The molecule has 2 aromatic heterocycles. The van der Waals surface area contributed by atoms with Crippen LogP contribution < -0.4 is 5.32 Å². The largest absolute Gasteiger partial charge is 0.508 e. The van der Waals surface area contributed by atoms with Crippen molar-refractivity contribution in [3.05, 3.63) is 102 Å². The van der Waals surface area contributed by atoms with E-state index in [-0.39, 0.29) is 5.75 Å². The Bertz CT molecular complexity index is 1340. The molecule has 0 bridgehead atoms. The maximum Gasteiger partial charge on any atom is 0.135 e. The van der Waals surface area contributed by atoms with Crippen LogP contribution in [0.1, 0.15) is 11.1 Å². The van der Waals surface area contributed by atoms with E-state index in [0.717, 1.165) is 27.0 Å². The standard InChI is InChI=1S/C27H22N2OS/c1-18-10-12-20(13-11-18)24-17-31-26-23(21-8-5-9-22(30)14-21)16-29-27(25(24)26)28-15-19-6-3-2-4-7-19/h2-14,16-17,30H,15H2,1H3,(H,28,29). The van der Waals surface area contributed by atoms with Crippen LogP contribution in [0.5, 0.6) is 5.75 Å². The van der Waals surface area contributed by atoms with Crippen LogP contribution in [0.15, 0.2) is 90.4 Å². The van der Waals surface area contributed by atoms with Gasteiger partial charge in [0.25, 0.3) is 0 Å². The molecular formula is C27H22N2OS. The van der Waals surface area contributed by atoms with E-state index in [0.29, 0.717) is 6.54 Å². The van der Waals surface area contributed by atoms with E-state index < -0.39 is 0 Å². The first kappa shape index (κ1) is 19.3. The first-order valence-corrected chi connectivity index (χ1v) is 11.1. The number of aryl methyl sites for hydroxylation is 1. The van der Waals surface area contributed by atoms with E-state index >= 15 is 0 Å². The number of aromatic hydroxyl groups is 1. The number of thiophene rings is 1. The van der Waals surface area contributed by atoms with Gasteiger partial charge in [0.1, 0.15) is 11.6 Å². The molecule has 0 aliphatic rings. The summed E-state index contributed by atoms with van der Waals surface area (Å²) in [6.45, 7) is 2.81. The van der Waals surface area contributed by atoms with Crippen LogP contribution in [-0.4, -0.2) is 10.1 Å². The zero-order valence-corrected chi connectivity index (χ0v) is 18.0. The molecule has 0 radical (unpaired) electrons. The molecule has 4 heteroatoms. The highest BCUT2D eigenvalue weighted by atomic mass is 32.1. The summed E-state index contributed by atoms with van der Waals surface area (Å²) >= 11 is 1.71. The number of hydrogen-bond acceptors (Lipinski definition) is 4. The van der Waals surface area contributed by atoms with Crippen LogP contribution in [0.25, 0.3) is 32.3 Å². The molecule has 3 nitrogen and oxygen atoms in total. The van der Waals surface area contributed by atoms with Gasteiger partial charge in [-0.05, 0) is 41.1 Å². The Kier molecular flexibility index (Phi) is 5.14. The van der Waals surface area contributed by atoms with Gasteiger partial charge in [0.2, 0.25) is 0 Å². The van der Waals surface area contributed by atoms with Gasteiger partial charge in [0, 0.05) is 34.0 Å². The minimum absolute atomic E-state index is 0.257. The molecule has 0 spiro atoms. The van der Waals surface area contributed by atoms with E-state index in [1.807, 2.05) is 36.5 Å². The summed E-state index contributed by atoms with van der Waals surface area (Å²) in [5.74, 6) is 1.13. The number of fused-ring (bicyclic) bond motifs is 1. The minimum atomic E-state index is 0.257. The van der Waals surface area contributed by atoms with Crippen molar-refractivity contribution in [1.82, 2.24) is 4.98 Å². The number of phenolic OH excluding ortho intramolecular Hbond substituents is 1.